The number of nitrogens with zero attached hydrogens (tertiary/aromatic N) is 2. The summed E-state index contributed by atoms with van der Waals surface area (Å²) in [6.07, 6.45) is 2.14. The zero-order chi connectivity index (χ0) is 25.5. The maximum Gasteiger partial charge on any atom is 0.266 e. The number of rotatable bonds is 11. The molecular formula is C25H28FN5O4. The molecule has 1 aliphatic heterocycles. The van der Waals surface area contributed by atoms with Crippen LogP contribution in [0.2, 0.25) is 0 Å². The second-order valence-electron chi connectivity index (χ2n) is 8.03. The molecule has 0 bridgehead atoms. The Morgan fingerprint density at radius 2 is 2.00 bits per heavy atom. The number of hydrogen-bond acceptors (Lipinski definition) is 6. The minimum atomic E-state index is -0.917. The molecule has 3 rings (SSSR count). The van der Waals surface area contributed by atoms with Gasteiger partial charge in [0.05, 0.1) is 7.11 Å². The van der Waals surface area contributed by atoms with E-state index in [1.807, 2.05) is 0 Å². The van der Waals surface area contributed by atoms with Crippen molar-refractivity contribution in [2.45, 2.75) is 26.2 Å². The lowest BCUT2D eigenvalue weighted by atomic mass is 10.0. The van der Waals surface area contributed by atoms with Crippen molar-refractivity contribution < 1.29 is 23.5 Å². The number of allylic oxidation sites excluding steroid dienone is 1. The van der Waals surface area contributed by atoms with Gasteiger partial charge in [-0.05, 0) is 56.2 Å². The molecule has 2 aromatic carbocycles. The van der Waals surface area contributed by atoms with Crippen molar-refractivity contribution >= 4 is 41.0 Å². The molecule has 0 radical (unpaired) electrons. The summed E-state index contributed by atoms with van der Waals surface area (Å²) in [5.41, 5.74) is 7.43. The highest BCUT2D eigenvalue weighted by Crippen LogP contribution is 2.26. The fraction of sp³-hybridized carbons (Fsp3) is 0.280. The third-order valence-corrected chi connectivity index (χ3v) is 5.78. The molecule has 0 atom stereocenters. The van der Waals surface area contributed by atoms with Crippen molar-refractivity contribution in [1.29, 1.82) is 5.41 Å². The van der Waals surface area contributed by atoms with E-state index in [-0.39, 0.29) is 24.6 Å². The zero-order valence-electron chi connectivity index (χ0n) is 19.6. The van der Waals surface area contributed by atoms with Crippen LogP contribution in [0.15, 0.2) is 53.7 Å². The normalized spacial score (nSPS) is 13.8. The summed E-state index contributed by atoms with van der Waals surface area (Å²) in [6.45, 7) is 2.47. The largest absolute Gasteiger partial charge is 0.494 e. The summed E-state index contributed by atoms with van der Waals surface area (Å²) in [7, 11) is 1.36. The van der Waals surface area contributed by atoms with E-state index in [0.717, 1.165) is 12.1 Å². The summed E-state index contributed by atoms with van der Waals surface area (Å²) >= 11 is 0. The molecule has 10 heteroatoms. The number of benzene rings is 2. The number of hydrogen-bond donors (Lipinski definition) is 3. The number of nitrogens with two attached hydrogens (primary N) is 1. The van der Waals surface area contributed by atoms with E-state index < -0.39 is 17.4 Å². The monoisotopic (exact) mass is 481 g/mol. The van der Waals surface area contributed by atoms with E-state index in [0.29, 0.717) is 42.0 Å². The Labute approximate surface area is 202 Å². The van der Waals surface area contributed by atoms with Crippen molar-refractivity contribution in [3.8, 4) is 5.75 Å². The molecular weight excluding hydrogens is 453 g/mol. The first-order valence-electron chi connectivity index (χ1n) is 11.1. The van der Waals surface area contributed by atoms with Crippen LogP contribution in [0, 0.1) is 11.2 Å². The third kappa shape index (κ3) is 6.03. The number of nitrogens with one attached hydrogen (secondary N) is 2. The van der Waals surface area contributed by atoms with Gasteiger partial charge in [0.2, 0.25) is 12.3 Å². The Kier molecular flexibility index (Phi) is 8.19. The molecule has 9 nitrogen and oxygen atoms in total. The first-order chi connectivity index (χ1) is 16.7. The smallest absolute Gasteiger partial charge is 0.266 e. The van der Waals surface area contributed by atoms with E-state index in [9.17, 15) is 18.8 Å². The fourth-order valence-electron chi connectivity index (χ4n) is 3.90. The van der Waals surface area contributed by atoms with Gasteiger partial charge in [0, 0.05) is 53.9 Å². The van der Waals surface area contributed by atoms with Gasteiger partial charge in [-0.1, -0.05) is 0 Å². The lowest BCUT2D eigenvalue weighted by molar-refractivity contribution is -0.117. The van der Waals surface area contributed by atoms with Gasteiger partial charge in [-0.25, -0.2) is 4.39 Å². The summed E-state index contributed by atoms with van der Waals surface area (Å²) in [4.78, 5) is 38.7. The number of methoxy groups -OCH3 is 1. The molecule has 0 saturated carbocycles. The standard InChI is InChI=1S/C25H28FN5O4/c1-16(29-17-5-10-22(35-2)21(26)14-17)20(24(27)25(28)34)11-13-30(15-32)18-6-8-19(9-7-18)31-12-3-4-23(31)33/h5-10,14-15,27,29H,3-4,11-13H2,1-2H3,(H2,28,34)/b20-16-,27-24?. The van der Waals surface area contributed by atoms with Crippen molar-refractivity contribution in [1.82, 2.24) is 0 Å². The maximum atomic E-state index is 14.1. The Hall–Kier alpha value is -4.21. The highest BCUT2D eigenvalue weighted by Gasteiger charge is 2.22. The second kappa shape index (κ2) is 11.3. The summed E-state index contributed by atoms with van der Waals surface area (Å²) in [5.74, 6) is -1.32. The van der Waals surface area contributed by atoms with Crippen LogP contribution in [0.5, 0.6) is 5.75 Å². The fourth-order valence-corrected chi connectivity index (χ4v) is 3.90. The molecule has 0 spiro atoms. The molecule has 3 amide bonds. The van der Waals surface area contributed by atoms with Crippen LogP contribution < -0.4 is 25.6 Å². The van der Waals surface area contributed by atoms with E-state index in [1.165, 1.54) is 24.1 Å². The minimum absolute atomic E-state index is 0.0736. The molecule has 2 aromatic rings. The first kappa shape index (κ1) is 25.4. The summed E-state index contributed by atoms with van der Waals surface area (Å²) in [5, 5.41) is 11.1. The van der Waals surface area contributed by atoms with Crippen molar-refractivity contribution in [3.05, 3.63) is 59.6 Å². The van der Waals surface area contributed by atoms with Gasteiger partial charge in [-0.3, -0.25) is 19.8 Å². The summed E-state index contributed by atoms with van der Waals surface area (Å²) < 4.78 is 19.0. The Balaban J connectivity index is 1.77. The van der Waals surface area contributed by atoms with Crippen LogP contribution in [-0.4, -0.2) is 44.1 Å². The summed E-state index contributed by atoms with van der Waals surface area (Å²) in [6, 6.07) is 11.3. The minimum Gasteiger partial charge on any atom is -0.494 e. The number of primary amides is 1. The van der Waals surface area contributed by atoms with Gasteiger partial charge in [-0.15, -0.1) is 0 Å². The Morgan fingerprint density at radius 3 is 2.54 bits per heavy atom. The molecule has 1 fully saturated rings. The number of carbonyl (C=O) groups is 3. The van der Waals surface area contributed by atoms with E-state index in [1.54, 1.807) is 42.2 Å². The zero-order valence-corrected chi connectivity index (χ0v) is 19.6. The lowest BCUT2D eigenvalue weighted by Gasteiger charge is -2.21. The Bertz CT molecular complexity index is 1160. The molecule has 0 aliphatic carbocycles. The topological polar surface area (TPSA) is 129 Å². The van der Waals surface area contributed by atoms with Crippen molar-refractivity contribution in [3.63, 3.8) is 0 Å². The van der Waals surface area contributed by atoms with Gasteiger partial charge in [0.15, 0.2) is 11.6 Å². The quantitative estimate of drug-likeness (QED) is 0.335. The van der Waals surface area contributed by atoms with E-state index >= 15 is 0 Å². The third-order valence-electron chi connectivity index (χ3n) is 5.78. The Morgan fingerprint density at radius 1 is 1.29 bits per heavy atom. The van der Waals surface area contributed by atoms with Gasteiger partial charge in [0.1, 0.15) is 5.71 Å². The predicted octanol–water partition coefficient (Wildman–Crippen LogP) is 3.21. The van der Waals surface area contributed by atoms with Crippen LogP contribution in [0.4, 0.5) is 21.5 Å². The average Bonchev–Trinajstić information content (AvgIpc) is 3.27. The number of anilines is 3. The van der Waals surface area contributed by atoms with Crippen LogP contribution in [0.1, 0.15) is 26.2 Å². The molecule has 0 aromatic heterocycles. The molecule has 184 valence electrons. The highest BCUT2D eigenvalue weighted by atomic mass is 19.1. The van der Waals surface area contributed by atoms with Gasteiger partial charge in [0.25, 0.3) is 5.91 Å². The molecule has 0 unspecified atom stereocenters. The lowest BCUT2D eigenvalue weighted by Crippen LogP contribution is -2.29. The highest BCUT2D eigenvalue weighted by molar-refractivity contribution is 6.43. The van der Waals surface area contributed by atoms with Crippen LogP contribution in [0.3, 0.4) is 0 Å². The number of ether oxygens (including phenoxy) is 1. The van der Waals surface area contributed by atoms with Crippen molar-refractivity contribution in [2.75, 3.05) is 35.3 Å². The van der Waals surface area contributed by atoms with Gasteiger partial charge in [-0.2, -0.15) is 0 Å². The first-order valence-corrected chi connectivity index (χ1v) is 11.1. The molecule has 1 aliphatic rings. The SMILES string of the molecule is COc1ccc(N/C(C)=C(/CCN(C=O)c2ccc(N3CCCC3=O)cc2)C(=N)C(N)=O)cc1F. The predicted molar refractivity (Wildman–Crippen MR) is 132 cm³/mol. The molecule has 1 saturated heterocycles. The van der Waals surface area contributed by atoms with E-state index in [4.69, 9.17) is 15.9 Å². The van der Waals surface area contributed by atoms with Crippen LogP contribution in [-0.2, 0) is 14.4 Å². The van der Waals surface area contributed by atoms with Crippen LogP contribution >= 0.6 is 0 Å². The molecule has 4 N–H and O–H groups in total. The average molecular weight is 482 g/mol. The number of carbonyl (C=O) groups excluding carboxylic acids is 3. The maximum absolute atomic E-state index is 14.1. The van der Waals surface area contributed by atoms with Crippen molar-refractivity contribution in [2.24, 2.45) is 5.73 Å². The molecule has 35 heavy (non-hydrogen) atoms. The number of amides is 3. The molecule has 1 heterocycles. The second-order valence-corrected chi connectivity index (χ2v) is 8.03. The number of halogens is 1. The van der Waals surface area contributed by atoms with Gasteiger partial charge < -0.3 is 25.6 Å². The van der Waals surface area contributed by atoms with Gasteiger partial charge >= 0.3 is 0 Å². The van der Waals surface area contributed by atoms with E-state index in [2.05, 4.69) is 5.32 Å². The van der Waals surface area contributed by atoms with Crippen LogP contribution in [0.25, 0.3) is 0 Å².